The van der Waals surface area contributed by atoms with Gasteiger partial charge in [0.05, 0.1) is 12.8 Å². The smallest absolute Gasteiger partial charge is 0.260 e. The fraction of sp³-hybridized carbons (Fsp3) is 0.769. The molecule has 21 heavy (non-hydrogen) atoms. The topological polar surface area (TPSA) is 76.5 Å². The van der Waals surface area contributed by atoms with Gasteiger partial charge in [0, 0.05) is 39.8 Å². The van der Waals surface area contributed by atoms with Crippen LogP contribution in [0.4, 0.5) is 0 Å². The number of nitrogens with one attached hydrogen (secondary N) is 1. The van der Waals surface area contributed by atoms with Gasteiger partial charge in [-0.05, 0) is 18.9 Å². The molecule has 0 aliphatic carbocycles. The maximum absolute atomic E-state index is 12.8. The van der Waals surface area contributed by atoms with Crippen molar-refractivity contribution in [2.45, 2.75) is 30.3 Å². The first kappa shape index (κ1) is 16.4. The van der Waals surface area contributed by atoms with Crippen molar-refractivity contribution in [3.8, 4) is 0 Å². The number of aryl methyl sites for hydroxylation is 1. The van der Waals surface area contributed by atoms with Gasteiger partial charge in [-0.2, -0.15) is 9.40 Å². The van der Waals surface area contributed by atoms with E-state index in [9.17, 15) is 8.42 Å². The number of nitrogens with zero attached hydrogens (tertiary/aromatic N) is 3. The summed E-state index contributed by atoms with van der Waals surface area (Å²) in [4.78, 5) is 0. The van der Waals surface area contributed by atoms with E-state index in [-0.39, 0.29) is 11.1 Å². The van der Waals surface area contributed by atoms with Crippen molar-refractivity contribution in [3.05, 3.63) is 12.3 Å². The van der Waals surface area contributed by atoms with Gasteiger partial charge in [0.15, 0.2) is 5.03 Å². The summed E-state index contributed by atoms with van der Waals surface area (Å²) in [7, 11) is -0.169. The van der Waals surface area contributed by atoms with Crippen LogP contribution >= 0.6 is 0 Å². The zero-order valence-electron chi connectivity index (χ0n) is 12.7. The van der Waals surface area contributed by atoms with Crippen LogP contribution in [0.25, 0.3) is 0 Å². The number of methoxy groups -OCH3 is 1. The first-order valence-corrected chi connectivity index (χ1v) is 8.71. The molecular weight excluding hydrogens is 292 g/mol. The summed E-state index contributed by atoms with van der Waals surface area (Å²) >= 11 is 0. The zero-order chi connectivity index (χ0) is 15.3. The minimum absolute atomic E-state index is 0.00416. The lowest BCUT2D eigenvalue weighted by atomic mass is 10.1. The monoisotopic (exact) mass is 316 g/mol. The van der Waals surface area contributed by atoms with Gasteiger partial charge in [-0.15, -0.1) is 0 Å². The number of rotatable bonds is 7. The molecule has 1 aromatic rings. The third-order valence-electron chi connectivity index (χ3n) is 3.78. The van der Waals surface area contributed by atoms with Crippen LogP contribution in [0, 0.1) is 0 Å². The molecule has 120 valence electrons. The Morgan fingerprint density at radius 2 is 2.29 bits per heavy atom. The lowest BCUT2D eigenvalue weighted by molar-refractivity contribution is 0.191. The van der Waals surface area contributed by atoms with E-state index < -0.39 is 10.0 Å². The van der Waals surface area contributed by atoms with Gasteiger partial charge in [-0.25, -0.2) is 8.42 Å². The Kier molecular flexibility index (Phi) is 5.74. The number of ether oxygens (including phenoxy) is 1. The van der Waals surface area contributed by atoms with E-state index in [4.69, 9.17) is 4.74 Å². The molecule has 0 spiro atoms. The zero-order valence-corrected chi connectivity index (χ0v) is 13.5. The maximum atomic E-state index is 12.8. The summed E-state index contributed by atoms with van der Waals surface area (Å²) in [5.74, 6) is 0. The van der Waals surface area contributed by atoms with Crippen molar-refractivity contribution < 1.29 is 13.2 Å². The molecule has 2 rings (SSSR count). The van der Waals surface area contributed by atoms with E-state index in [0.29, 0.717) is 19.7 Å². The van der Waals surface area contributed by atoms with Crippen LogP contribution in [-0.4, -0.2) is 61.9 Å². The van der Waals surface area contributed by atoms with Gasteiger partial charge in [-0.3, -0.25) is 4.68 Å². The third kappa shape index (κ3) is 3.82. The SMILES string of the molecule is COCCNCC1CCCCN1S(=O)(=O)c1ccnn1C. The van der Waals surface area contributed by atoms with E-state index in [1.165, 1.54) is 10.9 Å². The Morgan fingerprint density at radius 3 is 2.95 bits per heavy atom. The van der Waals surface area contributed by atoms with Crippen LogP contribution in [0.2, 0.25) is 0 Å². The first-order chi connectivity index (χ1) is 10.1. The van der Waals surface area contributed by atoms with Crippen LogP contribution in [0.15, 0.2) is 17.3 Å². The molecule has 1 aliphatic heterocycles. The van der Waals surface area contributed by atoms with Crippen LogP contribution < -0.4 is 5.32 Å². The lowest BCUT2D eigenvalue weighted by Gasteiger charge is -2.34. The third-order valence-corrected chi connectivity index (χ3v) is 5.81. The second-order valence-electron chi connectivity index (χ2n) is 5.26. The number of hydrogen-bond acceptors (Lipinski definition) is 5. The summed E-state index contributed by atoms with van der Waals surface area (Å²) in [6.07, 6.45) is 4.37. The molecule has 1 saturated heterocycles. The molecule has 8 heteroatoms. The molecule has 0 aromatic carbocycles. The normalized spacial score (nSPS) is 20.8. The van der Waals surface area contributed by atoms with Gasteiger partial charge in [0.2, 0.25) is 0 Å². The average molecular weight is 316 g/mol. The largest absolute Gasteiger partial charge is 0.383 e. The average Bonchev–Trinajstić information content (AvgIpc) is 2.91. The summed E-state index contributed by atoms with van der Waals surface area (Å²) < 4.78 is 33.6. The minimum atomic E-state index is -3.48. The van der Waals surface area contributed by atoms with Crippen molar-refractivity contribution in [2.75, 3.05) is 33.4 Å². The Labute approximate surface area is 126 Å². The molecule has 0 radical (unpaired) electrons. The van der Waals surface area contributed by atoms with Gasteiger partial charge >= 0.3 is 0 Å². The van der Waals surface area contributed by atoms with Gasteiger partial charge in [-0.1, -0.05) is 6.42 Å². The van der Waals surface area contributed by atoms with E-state index in [1.807, 2.05) is 0 Å². The van der Waals surface area contributed by atoms with E-state index in [0.717, 1.165) is 25.8 Å². The van der Waals surface area contributed by atoms with Crippen LogP contribution in [0.3, 0.4) is 0 Å². The molecule has 1 aromatic heterocycles. The highest BCUT2D eigenvalue weighted by atomic mass is 32.2. The molecule has 0 bridgehead atoms. The summed E-state index contributed by atoms with van der Waals surface area (Å²) in [5, 5.41) is 7.49. The molecule has 1 fully saturated rings. The van der Waals surface area contributed by atoms with Crippen LogP contribution in [-0.2, 0) is 21.8 Å². The fourth-order valence-electron chi connectivity index (χ4n) is 2.67. The highest BCUT2D eigenvalue weighted by molar-refractivity contribution is 7.89. The Bertz CT molecular complexity index is 543. The molecule has 1 unspecified atom stereocenters. The predicted octanol–water partition coefficient (Wildman–Crippen LogP) is 0.199. The summed E-state index contributed by atoms with van der Waals surface area (Å²) in [6, 6.07) is 1.55. The standard InChI is InChI=1S/C13H24N4O3S/c1-16-13(6-7-15-16)21(18,19)17-9-4-3-5-12(17)11-14-8-10-20-2/h6-7,12,14H,3-5,8-11H2,1-2H3. The molecule has 1 N–H and O–H groups in total. The molecule has 0 saturated carbocycles. The minimum Gasteiger partial charge on any atom is -0.383 e. The second-order valence-corrected chi connectivity index (χ2v) is 7.09. The van der Waals surface area contributed by atoms with E-state index >= 15 is 0 Å². The first-order valence-electron chi connectivity index (χ1n) is 7.27. The molecule has 7 nitrogen and oxygen atoms in total. The summed E-state index contributed by atoms with van der Waals surface area (Å²) in [5.41, 5.74) is 0. The number of sulfonamides is 1. The van der Waals surface area contributed by atoms with Crippen LogP contribution in [0.1, 0.15) is 19.3 Å². The molecule has 0 amide bonds. The predicted molar refractivity (Wildman–Crippen MR) is 79.5 cm³/mol. The highest BCUT2D eigenvalue weighted by Gasteiger charge is 2.34. The molecule has 2 heterocycles. The van der Waals surface area contributed by atoms with Crippen molar-refractivity contribution in [3.63, 3.8) is 0 Å². The Hall–Kier alpha value is -0.960. The quantitative estimate of drug-likeness (QED) is 0.727. The number of aromatic nitrogens is 2. The molecule has 1 atom stereocenters. The Morgan fingerprint density at radius 1 is 1.48 bits per heavy atom. The second kappa shape index (κ2) is 7.35. The lowest BCUT2D eigenvalue weighted by Crippen LogP contribution is -2.49. The Balaban J connectivity index is 2.09. The molecular formula is C13H24N4O3S. The van der Waals surface area contributed by atoms with E-state index in [2.05, 4.69) is 10.4 Å². The van der Waals surface area contributed by atoms with Gasteiger partial charge in [0.25, 0.3) is 10.0 Å². The number of hydrogen-bond donors (Lipinski definition) is 1. The number of piperidine rings is 1. The van der Waals surface area contributed by atoms with Crippen LogP contribution in [0.5, 0.6) is 0 Å². The van der Waals surface area contributed by atoms with Crippen molar-refractivity contribution in [1.29, 1.82) is 0 Å². The molecule has 1 aliphatic rings. The van der Waals surface area contributed by atoms with E-state index in [1.54, 1.807) is 24.5 Å². The van der Waals surface area contributed by atoms with Crippen molar-refractivity contribution in [2.24, 2.45) is 7.05 Å². The van der Waals surface area contributed by atoms with Gasteiger partial charge < -0.3 is 10.1 Å². The summed E-state index contributed by atoms with van der Waals surface area (Å²) in [6.45, 7) is 2.58. The van der Waals surface area contributed by atoms with Crippen molar-refractivity contribution in [1.82, 2.24) is 19.4 Å². The van der Waals surface area contributed by atoms with Crippen molar-refractivity contribution >= 4 is 10.0 Å². The fourth-order valence-corrected chi connectivity index (χ4v) is 4.47. The highest BCUT2D eigenvalue weighted by Crippen LogP contribution is 2.24. The van der Waals surface area contributed by atoms with Gasteiger partial charge in [0.1, 0.15) is 0 Å². The maximum Gasteiger partial charge on any atom is 0.260 e.